The number of methoxy groups -OCH3 is 1. The number of para-hydroxylation sites is 1. The van der Waals surface area contributed by atoms with E-state index in [1.54, 1.807) is 25.6 Å². The minimum atomic E-state index is 0.0491. The highest BCUT2D eigenvalue weighted by molar-refractivity contribution is 5.94. The molecule has 1 aromatic carbocycles. The van der Waals surface area contributed by atoms with E-state index in [1.807, 2.05) is 29.2 Å². The van der Waals surface area contributed by atoms with Gasteiger partial charge in [-0.05, 0) is 43.2 Å². The van der Waals surface area contributed by atoms with Crippen molar-refractivity contribution in [1.82, 2.24) is 14.9 Å². The van der Waals surface area contributed by atoms with Crippen LogP contribution in [0.2, 0.25) is 0 Å². The molecular formula is C24H25N3O2. The van der Waals surface area contributed by atoms with Crippen molar-refractivity contribution in [3.63, 3.8) is 0 Å². The lowest BCUT2D eigenvalue weighted by Gasteiger charge is -2.32. The first kappa shape index (κ1) is 19.1. The van der Waals surface area contributed by atoms with E-state index >= 15 is 0 Å². The van der Waals surface area contributed by atoms with Gasteiger partial charge in [0.1, 0.15) is 5.75 Å². The van der Waals surface area contributed by atoms with E-state index < -0.39 is 0 Å². The number of hydrogen-bond acceptors (Lipinski definition) is 4. The van der Waals surface area contributed by atoms with Gasteiger partial charge in [-0.25, -0.2) is 0 Å². The molecule has 148 valence electrons. The molecule has 1 aliphatic rings. The lowest BCUT2D eigenvalue weighted by atomic mass is 9.93. The first-order valence-electron chi connectivity index (χ1n) is 10.0. The zero-order valence-corrected chi connectivity index (χ0v) is 16.6. The fourth-order valence-corrected chi connectivity index (χ4v) is 3.94. The Morgan fingerprint density at radius 3 is 2.86 bits per heavy atom. The normalized spacial score (nSPS) is 16.4. The number of hydrogen-bond donors (Lipinski definition) is 0. The van der Waals surface area contributed by atoms with Crippen LogP contribution >= 0.6 is 0 Å². The molecule has 4 rings (SSSR count). The predicted molar refractivity (Wildman–Crippen MR) is 112 cm³/mol. The Labute approximate surface area is 171 Å². The van der Waals surface area contributed by atoms with Crippen LogP contribution in [0.4, 0.5) is 0 Å². The Hall–Kier alpha value is -3.21. The number of nitrogens with zero attached hydrogens (tertiary/aromatic N) is 3. The number of amides is 1. The van der Waals surface area contributed by atoms with Crippen LogP contribution in [0.25, 0.3) is 0 Å². The maximum Gasteiger partial charge on any atom is 0.255 e. The monoisotopic (exact) mass is 387 g/mol. The fourth-order valence-electron chi connectivity index (χ4n) is 3.94. The summed E-state index contributed by atoms with van der Waals surface area (Å²) in [6.45, 7) is 1.48. The maximum atomic E-state index is 12.8. The Kier molecular flexibility index (Phi) is 5.84. The SMILES string of the molecule is COc1ccccc1Cc1cccc([C@H]2CCCN(C(=O)c3cccnc3)C2)n1. The van der Waals surface area contributed by atoms with Gasteiger partial charge in [-0.2, -0.15) is 0 Å². The number of carbonyl (C=O) groups is 1. The molecule has 3 aromatic rings. The zero-order chi connectivity index (χ0) is 20.1. The second-order valence-corrected chi connectivity index (χ2v) is 7.37. The molecule has 0 saturated carbocycles. The number of benzene rings is 1. The van der Waals surface area contributed by atoms with Crippen LogP contribution < -0.4 is 4.74 Å². The van der Waals surface area contributed by atoms with E-state index in [0.717, 1.165) is 48.5 Å². The lowest BCUT2D eigenvalue weighted by molar-refractivity contribution is 0.0705. The van der Waals surface area contributed by atoms with E-state index in [9.17, 15) is 4.79 Å². The minimum Gasteiger partial charge on any atom is -0.496 e. The summed E-state index contributed by atoms with van der Waals surface area (Å²) >= 11 is 0. The van der Waals surface area contributed by atoms with Gasteiger partial charge in [0.25, 0.3) is 5.91 Å². The quantitative estimate of drug-likeness (QED) is 0.662. The summed E-state index contributed by atoms with van der Waals surface area (Å²) in [6.07, 6.45) is 6.07. The van der Waals surface area contributed by atoms with Crippen molar-refractivity contribution in [2.24, 2.45) is 0 Å². The molecular weight excluding hydrogens is 362 g/mol. The van der Waals surface area contributed by atoms with Crippen molar-refractivity contribution in [2.75, 3.05) is 20.2 Å². The smallest absolute Gasteiger partial charge is 0.255 e. The van der Waals surface area contributed by atoms with E-state index in [4.69, 9.17) is 9.72 Å². The number of aromatic nitrogens is 2. The van der Waals surface area contributed by atoms with Gasteiger partial charge in [0, 0.05) is 54.8 Å². The summed E-state index contributed by atoms with van der Waals surface area (Å²) < 4.78 is 5.47. The van der Waals surface area contributed by atoms with Crippen LogP contribution in [0.5, 0.6) is 5.75 Å². The van der Waals surface area contributed by atoms with Crippen molar-refractivity contribution >= 4 is 5.91 Å². The molecule has 0 radical (unpaired) electrons. The van der Waals surface area contributed by atoms with Crippen molar-refractivity contribution in [3.8, 4) is 5.75 Å². The van der Waals surface area contributed by atoms with Crippen molar-refractivity contribution in [2.45, 2.75) is 25.2 Å². The summed E-state index contributed by atoms with van der Waals surface area (Å²) in [6, 6.07) is 17.9. The highest BCUT2D eigenvalue weighted by atomic mass is 16.5. The van der Waals surface area contributed by atoms with Crippen LogP contribution in [0.1, 0.15) is 46.1 Å². The van der Waals surface area contributed by atoms with E-state index in [1.165, 1.54) is 0 Å². The molecule has 1 atom stereocenters. The van der Waals surface area contributed by atoms with Gasteiger partial charge in [0.05, 0.1) is 12.7 Å². The lowest BCUT2D eigenvalue weighted by Crippen LogP contribution is -2.39. The Morgan fingerprint density at radius 2 is 2.03 bits per heavy atom. The summed E-state index contributed by atoms with van der Waals surface area (Å²) in [7, 11) is 1.69. The molecule has 29 heavy (non-hydrogen) atoms. The number of rotatable bonds is 5. The average Bonchev–Trinajstić information content (AvgIpc) is 2.80. The van der Waals surface area contributed by atoms with E-state index in [0.29, 0.717) is 12.1 Å². The molecule has 0 bridgehead atoms. The molecule has 3 heterocycles. The van der Waals surface area contributed by atoms with Crippen molar-refractivity contribution in [1.29, 1.82) is 0 Å². The second kappa shape index (κ2) is 8.86. The molecule has 0 aliphatic carbocycles. The van der Waals surface area contributed by atoms with Gasteiger partial charge < -0.3 is 9.64 Å². The van der Waals surface area contributed by atoms with Crippen molar-refractivity contribution < 1.29 is 9.53 Å². The first-order valence-corrected chi connectivity index (χ1v) is 10.0. The van der Waals surface area contributed by atoms with Gasteiger partial charge >= 0.3 is 0 Å². The Morgan fingerprint density at radius 1 is 1.14 bits per heavy atom. The van der Waals surface area contributed by atoms with Gasteiger partial charge in [0.2, 0.25) is 0 Å². The number of likely N-dealkylation sites (tertiary alicyclic amines) is 1. The van der Waals surface area contributed by atoms with Gasteiger partial charge in [0.15, 0.2) is 0 Å². The molecule has 5 nitrogen and oxygen atoms in total. The highest BCUT2D eigenvalue weighted by Crippen LogP contribution is 2.27. The molecule has 1 saturated heterocycles. The summed E-state index contributed by atoms with van der Waals surface area (Å²) in [5.41, 5.74) is 3.84. The molecule has 1 amide bonds. The summed E-state index contributed by atoms with van der Waals surface area (Å²) in [4.78, 5) is 23.7. The van der Waals surface area contributed by atoms with Crippen LogP contribution in [0.15, 0.2) is 67.0 Å². The summed E-state index contributed by atoms with van der Waals surface area (Å²) in [5, 5.41) is 0. The molecule has 1 aliphatic heterocycles. The van der Waals surface area contributed by atoms with Gasteiger partial charge in [-0.3, -0.25) is 14.8 Å². The number of ether oxygens (including phenoxy) is 1. The van der Waals surface area contributed by atoms with Crippen LogP contribution in [0, 0.1) is 0 Å². The average molecular weight is 387 g/mol. The minimum absolute atomic E-state index is 0.0491. The molecule has 2 aromatic heterocycles. The van der Waals surface area contributed by atoms with Crippen LogP contribution in [0.3, 0.4) is 0 Å². The number of piperidine rings is 1. The molecule has 0 unspecified atom stereocenters. The number of pyridine rings is 2. The second-order valence-electron chi connectivity index (χ2n) is 7.37. The zero-order valence-electron chi connectivity index (χ0n) is 16.6. The molecule has 0 N–H and O–H groups in total. The summed E-state index contributed by atoms with van der Waals surface area (Å²) in [5.74, 6) is 1.18. The van der Waals surface area contributed by atoms with E-state index in [-0.39, 0.29) is 11.8 Å². The molecule has 5 heteroatoms. The Bertz CT molecular complexity index is 975. The van der Waals surface area contributed by atoms with Gasteiger partial charge in [-0.1, -0.05) is 24.3 Å². The Balaban J connectivity index is 1.50. The predicted octanol–water partition coefficient (Wildman–Crippen LogP) is 4.10. The highest BCUT2D eigenvalue weighted by Gasteiger charge is 2.26. The van der Waals surface area contributed by atoms with E-state index in [2.05, 4.69) is 29.2 Å². The van der Waals surface area contributed by atoms with Crippen LogP contribution in [-0.2, 0) is 6.42 Å². The maximum absolute atomic E-state index is 12.8. The third-order valence-electron chi connectivity index (χ3n) is 5.43. The number of carbonyl (C=O) groups excluding carboxylic acids is 1. The molecule has 1 fully saturated rings. The van der Waals surface area contributed by atoms with Crippen molar-refractivity contribution in [3.05, 3.63) is 89.5 Å². The topological polar surface area (TPSA) is 55.3 Å². The third kappa shape index (κ3) is 4.45. The largest absolute Gasteiger partial charge is 0.496 e. The molecule has 0 spiro atoms. The van der Waals surface area contributed by atoms with Crippen LogP contribution in [-0.4, -0.2) is 41.0 Å². The first-order chi connectivity index (χ1) is 14.2. The fraction of sp³-hybridized carbons (Fsp3) is 0.292. The third-order valence-corrected chi connectivity index (χ3v) is 5.43. The van der Waals surface area contributed by atoms with Gasteiger partial charge in [-0.15, -0.1) is 0 Å². The standard InChI is InChI=1S/C24H25N3O2/c1-29-23-12-3-2-7-18(23)15-21-10-4-11-22(26-21)20-9-6-14-27(17-20)24(28)19-8-5-13-25-16-19/h2-5,7-8,10-13,16,20H,6,9,14-15,17H2,1H3/t20-/m0/s1.